The maximum absolute atomic E-state index is 10.3. The van der Waals surface area contributed by atoms with Crippen LogP contribution < -0.4 is 0 Å². The van der Waals surface area contributed by atoms with Gasteiger partial charge in [0.05, 0.1) is 12.7 Å². The number of phenolic OH excluding ortho intramolecular Hbond substituents is 1. The van der Waals surface area contributed by atoms with Gasteiger partial charge in [-0.15, -0.1) is 0 Å². The summed E-state index contributed by atoms with van der Waals surface area (Å²) in [5, 5.41) is 31.6. The maximum atomic E-state index is 10.3. The molecule has 1 heterocycles. The van der Waals surface area contributed by atoms with Crippen molar-refractivity contribution in [2.24, 2.45) is 0 Å². The molecular formula is C27H27BO4. The molecule has 4 nitrogen and oxygen atoms in total. The third kappa shape index (κ3) is 4.86. The van der Waals surface area contributed by atoms with Crippen LogP contribution in [0.1, 0.15) is 24.0 Å². The average molecular weight is 426 g/mol. The standard InChI is InChI=1S/C27H27BO4/c1-19(18-29)23-15-16-28(31)32-27(23)14-12-21(20-7-3-2-4-8-20)17-22-11-13-26(30)25-10-6-5-9-24(22)25/h2-11,13,15,17,27,29-31H,1,12,14,16,18H2/b21-17-. The molecule has 3 aromatic rings. The Morgan fingerprint density at radius 1 is 1.03 bits per heavy atom. The quantitative estimate of drug-likeness (QED) is 0.358. The van der Waals surface area contributed by atoms with Crippen LogP contribution in [0, 0.1) is 0 Å². The second kappa shape index (κ2) is 10.0. The van der Waals surface area contributed by atoms with Gasteiger partial charge in [0.1, 0.15) is 5.75 Å². The summed E-state index contributed by atoms with van der Waals surface area (Å²) in [5.41, 5.74) is 4.74. The minimum atomic E-state index is -0.847. The molecule has 5 heteroatoms. The zero-order chi connectivity index (χ0) is 22.5. The van der Waals surface area contributed by atoms with Gasteiger partial charge in [0.25, 0.3) is 0 Å². The number of aliphatic hydroxyl groups is 1. The highest BCUT2D eigenvalue weighted by molar-refractivity contribution is 6.43. The number of rotatable bonds is 7. The van der Waals surface area contributed by atoms with Gasteiger partial charge in [-0.05, 0) is 52.1 Å². The normalized spacial score (nSPS) is 16.8. The first-order valence-corrected chi connectivity index (χ1v) is 10.9. The van der Waals surface area contributed by atoms with E-state index in [0.29, 0.717) is 24.7 Å². The van der Waals surface area contributed by atoms with Gasteiger partial charge in [-0.2, -0.15) is 0 Å². The summed E-state index contributed by atoms with van der Waals surface area (Å²) in [6, 6.07) is 21.6. The lowest BCUT2D eigenvalue weighted by Crippen LogP contribution is -2.32. The van der Waals surface area contributed by atoms with Crippen molar-refractivity contribution in [2.75, 3.05) is 6.61 Å². The van der Waals surface area contributed by atoms with Gasteiger partial charge in [-0.1, -0.05) is 79.4 Å². The zero-order valence-corrected chi connectivity index (χ0v) is 17.9. The van der Waals surface area contributed by atoms with Gasteiger partial charge in [0.15, 0.2) is 0 Å². The highest BCUT2D eigenvalue weighted by Crippen LogP contribution is 2.33. The summed E-state index contributed by atoms with van der Waals surface area (Å²) in [6.07, 6.45) is 5.47. The molecule has 162 valence electrons. The molecule has 1 aliphatic heterocycles. The van der Waals surface area contributed by atoms with E-state index in [1.807, 2.05) is 54.6 Å². The third-order valence-electron chi connectivity index (χ3n) is 5.89. The number of hydrogen-bond donors (Lipinski definition) is 3. The number of phenols is 1. The number of aromatic hydroxyl groups is 1. The number of fused-ring (bicyclic) bond motifs is 1. The molecule has 32 heavy (non-hydrogen) atoms. The Morgan fingerprint density at radius 3 is 2.50 bits per heavy atom. The molecule has 1 atom stereocenters. The summed E-state index contributed by atoms with van der Waals surface area (Å²) in [6.45, 7) is 3.81. The second-order valence-electron chi connectivity index (χ2n) is 8.03. The van der Waals surface area contributed by atoms with Crippen molar-refractivity contribution in [1.82, 2.24) is 0 Å². The molecule has 0 spiro atoms. The van der Waals surface area contributed by atoms with E-state index in [4.69, 9.17) is 4.65 Å². The molecule has 0 radical (unpaired) electrons. The molecule has 3 N–H and O–H groups in total. The van der Waals surface area contributed by atoms with Crippen molar-refractivity contribution >= 4 is 29.5 Å². The predicted molar refractivity (Wildman–Crippen MR) is 131 cm³/mol. The van der Waals surface area contributed by atoms with Crippen LogP contribution in [0.3, 0.4) is 0 Å². The number of aliphatic hydroxyl groups excluding tert-OH is 1. The Labute approximate surface area is 188 Å². The second-order valence-corrected chi connectivity index (χ2v) is 8.03. The lowest BCUT2D eigenvalue weighted by Gasteiger charge is -2.28. The van der Waals surface area contributed by atoms with E-state index in [1.165, 1.54) is 0 Å². The first kappa shape index (κ1) is 22.1. The van der Waals surface area contributed by atoms with E-state index < -0.39 is 7.12 Å². The number of benzene rings is 3. The number of allylic oxidation sites excluding steroid dienone is 2. The summed E-state index contributed by atoms with van der Waals surface area (Å²) in [4.78, 5) is 0. The van der Waals surface area contributed by atoms with E-state index in [-0.39, 0.29) is 18.5 Å². The van der Waals surface area contributed by atoms with Crippen molar-refractivity contribution in [1.29, 1.82) is 0 Å². The van der Waals surface area contributed by atoms with Gasteiger partial charge in [-0.3, -0.25) is 0 Å². The molecule has 4 rings (SSSR count). The van der Waals surface area contributed by atoms with Crippen LogP contribution in [0.2, 0.25) is 6.32 Å². The molecule has 0 saturated carbocycles. The molecule has 0 aromatic heterocycles. The van der Waals surface area contributed by atoms with Crippen molar-refractivity contribution < 1.29 is 19.9 Å². The minimum Gasteiger partial charge on any atom is -0.507 e. The minimum absolute atomic E-state index is 0.136. The number of hydrogen-bond acceptors (Lipinski definition) is 4. The Morgan fingerprint density at radius 2 is 1.75 bits per heavy atom. The first-order chi connectivity index (χ1) is 15.6. The average Bonchev–Trinajstić information content (AvgIpc) is 2.83. The van der Waals surface area contributed by atoms with Crippen molar-refractivity contribution in [3.8, 4) is 5.75 Å². The maximum Gasteiger partial charge on any atom is 0.458 e. The van der Waals surface area contributed by atoms with Crippen LogP contribution in [-0.4, -0.2) is 35.1 Å². The summed E-state index contributed by atoms with van der Waals surface area (Å²) in [7, 11) is -0.847. The molecule has 0 bridgehead atoms. The molecule has 3 aromatic carbocycles. The topological polar surface area (TPSA) is 69.9 Å². The van der Waals surface area contributed by atoms with Gasteiger partial charge >= 0.3 is 7.12 Å². The summed E-state index contributed by atoms with van der Waals surface area (Å²) in [5.74, 6) is 0.265. The van der Waals surface area contributed by atoms with Crippen LogP contribution in [0.15, 0.2) is 90.5 Å². The monoisotopic (exact) mass is 426 g/mol. The van der Waals surface area contributed by atoms with Crippen molar-refractivity contribution in [3.63, 3.8) is 0 Å². The molecule has 0 amide bonds. The Balaban J connectivity index is 1.69. The first-order valence-electron chi connectivity index (χ1n) is 10.9. The van der Waals surface area contributed by atoms with Gasteiger partial charge in [0, 0.05) is 11.7 Å². The largest absolute Gasteiger partial charge is 0.507 e. The highest BCUT2D eigenvalue weighted by atomic mass is 16.5. The van der Waals surface area contributed by atoms with Crippen LogP contribution in [0.4, 0.5) is 0 Å². The van der Waals surface area contributed by atoms with Crippen LogP contribution in [0.25, 0.3) is 22.4 Å². The fourth-order valence-electron chi connectivity index (χ4n) is 4.22. The Hall–Kier alpha value is -3.12. The molecule has 0 saturated heterocycles. The molecular weight excluding hydrogens is 399 g/mol. The van der Waals surface area contributed by atoms with E-state index in [9.17, 15) is 15.2 Å². The van der Waals surface area contributed by atoms with Gasteiger partial charge < -0.3 is 19.9 Å². The van der Waals surface area contributed by atoms with Gasteiger partial charge in [0.2, 0.25) is 0 Å². The smallest absolute Gasteiger partial charge is 0.458 e. The molecule has 1 aliphatic rings. The Bertz CT molecular complexity index is 1170. The van der Waals surface area contributed by atoms with Gasteiger partial charge in [-0.25, -0.2) is 0 Å². The fraction of sp³-hybridized carbons (Fsp3) is 0.185. The van der Waals surface area contributed by atoms with Crippen LogP contribution in [-0.2, 0) is 4.65 Å². The van der Waals surface area contributed by atoms with E-state index in [0.717, 1.165) is 33.0 Å². The third-order valence-corrected chi connectivity index (χ3v) is 5.89. The van der Waals surface area contributed by atoms with Crippen LogP contribution >= 0.6 is 0 Å². The van der Waals surface area contributed by atoms with Crippen molar-refractivity contribution in [3.05, 3.63) is 102 Å². The van der Waals surface area contributed by atoms with Crippen LogP contribution in [0.5, 0.6) is 5.75 Å². The highest BCUT2D eigenvalue weighted by Gasteiger charge is 2.28. The summed E-state index contributed by atoms with van der Waals surface area (Å²) < 4.78 is 5.80. The molecule has 1 unspecified atom stereocenters. The molecule has 0 aliphatic carbocycles. The van der Waals surface area contributed by atoms with Crippen molar-refractivity contribution in [2.45, 2.75) is 25.3 Å². The SMILES string of the molecule is C=C(CO)C1=CCB(O)OC1CC/C(=C/c1ccc(O)c2ccccc12)c1ccccc1. The van der Waals surface area contributed by atoms with E-state index in [2.05, 4.69) is 24.8 Å². The molecule has 0 fully saturated rings. The zero-order valence-electron chi connectivity index (χ0n) is 17.9. The summed E-state index contributed by atoms with van der Waals surface area (Å²) >= 11 is 0. The van der Waals surface area contributed by atoms with E-state index >= 15 is 0 Å². The lowest BCUT2D eigenvalue weighted by atomic mass is 9.78. The van der Waals surface area contributed by atoms with E-state index in [1.54, 1.807) is 6.07 Å². The fourth-order valence-corrected chi connectivity index (χ4v) is 4.22. The lowest BCUT2D eigenvalue weighted by molar-refractivity contribution is 0.182. The predicted octanol–water partition coefficient (Wildman–Crippen LogP) is 5.22. The Kier molecular flexibility index (Phi) is 6.91.